The SMILES string of the molecule is CNCC1(c2cc(Cl)ccc2OC)COC1. The standard InChI is InChI=1S/C12H16ClNO2/c1-14-6-12(7-16-8-12)10-5-9(13)3-4-11(10)15-2/h3-5,14H,6-8H2,1-2H3. The maximum absolute atomic E-state index is 6.04. The van der Waals surface area contributed by atoms with E-state index in [-0.39, 0.29) is 5.41 Å². The topological polar surface area (TPSA) is 30.5 Å². The Morgan fingerprint density at radius 2 is 2.25 bits per heavy atom. The second-order valence-corrected chi connectivity index (χ2v) is 4.58. The van der Waals surface area contributed by atoms with Gasteiger partial charge in [-0.25, -0.2) is 0 Å². The highest BCUT2D eigenvalue weighted by Gasteiger charge is 2.41. The van der Waals surface area contributed by atoms with E-state index in [1.54, 1.807) is 7.11 Å². The lowest BCUT2D eigenvalue weighted by atomic mass is 9.78. The lowest BCUT2D eigenvalue weighted by Crippen LogP contribution is -2.53. The van der Waals surface area contributed by atoms with Gasteiger partial charge < -0.3 is 14.8 Å². The molecular formula is C12H16ClNO2. The zero-order valence-corrected chi connectivity index (χ0v) is 10.3. The summed E-state index contributed by atoms with van der Waals surface area (Å²) >= 11 is 6.04. The maximum atomic E-state index is 6.04. The quantitative estimate of drug-likeness (QED) is 0.873. The van der Waals surface area contributed by atoms with E-state index >= 15 is 0 Å². The summed E-state index contributed by atoms with van der Waals surface area (Å²) in [4.78, 5) is 0. The fourth-order valence-electron chi connectivity index (χ4n) is 2.13. The third-order valence-electron chi connectivity index (χ3n) is 3.00. The minimum absolute atomic E-state index is 0.00495. The highest BCUT2D eigenvalue weighted by Crippen LogP contribution is 2.38. The van der Waals surface area contributed by atoms with Gasteiger partial charge in [0.2, 0.25) is 0 Å². The van der Waals surface area contributed by atoms with Gasteiger partial charge in [-0.1, -0.05) is 11.6 Å². The van der Waals surface area contributed by atoms with Gasteiger partial charge in [0.05, 0.1) is 25.7 Å². The minimum Gasteiger partial charge on any atom is -0.496 e. The number of hydrogen-bond acceptors (Lipinski definition) is 3. The van der Waals surface area contributed by atoms with Crippen LogP contribution in [0.5, 0.6) is 5.75 Å². The van der Waals surface area contributed by atoms with Crippen LogP contribution >= 0.6 is 11.6 Å². The number of halogens is 1. The molecule has 1 N–H and O–H groups in total. The second kappa shape index (κ2) is 4.62. The van der Waals surface area contributed by atoms with Crippen LogP contribution in [0.1, 0.15) is 5.56 Å². The van der Waals surface area contributed by atoms with Gasteiger partial charge in [-0.05, 0) is 25.2 Å². The van der Waals surface area contributed by atoms with Crippen molar-refractivity contribution in [2.75, 3.05) is 33.9 Å². The molecule has 1 heterocycles. The zero-order valence-electron chi connectivity index (χ0n) is 9.55. The average Bonchev–Trinajstić information content (AvgIpc) is 2.23. The van der Waals surface area contributed by atoms with Crippen LogP contribution in [-0.4, -0.2) is 33.9 Å². The van der Waals surface area contributed by atoms with E-state index in [0.29, 0.717) is 13.2 Å². The highest BCUT2D eigenvalue weighted by molar-refractivity contribution is 6.30. The first-order valence-electron chi connectivity index (χ1n) is 5.28. The lowest BCUT2D eigenvalue weighted by Gasteiger charge is -2.42. The monoisotopic (exact) mass is 241 g/mol. The fourth-order valence-corrected chi connectivity index (χ4v) is 2.31. The Morgan fingerprint density at radius 3 is 2.75 bits per heavy atom. The van der Waals surface area contributed by atoms with Crippen molar-refractivity contribution in [1.82, 2.24) is 5.32 Å². The smallest absolute Gasteiger partial charge is 0.122 e. The molecule has 0 amide bonds. The van der Waals surface area contributed by atoms with Gasteiger partial charge in [-0.2, -0.15) is 0 Å². The van der Waals surface area contributed by atoms with Gasteiger partial charge in [-0.15, -0.1) is 0 Å². The first kappa shape index (κ1) is 11.7. The van der Waals surface area contributed by atoms with Crippen molar-refractivity contribution in [1.29, 1.82) is 0 Å². The molecule has 1 aliphatic heterocycles. The number of ether oxygens (including phenoxy) is 2. The lowest BCUT2D eigenvalue weighted by molar-refractivity contribution is -0.0591. The summed E-state index contributed by atoms with van der Waals surface area (Å²) in [5.41, 5.74) is 1.13. The Morgan fingerprint density at radius 1 is 1.50 bits per heavy atom. The molecule has 0 saturated carbocycles. The largest absolute Gasteiger partial charge is 0.496 e. The molecule has 1 fully saturated rings. The van der Waals surface area contributed by atoms with E-state index in [2.05, 4.69) is 5.32 Å². The van der Waals surface area contributed by atoms with Gasteiger partial charge in [0, 0.05) is 17.1 Å². The van der Waals surface area contributed by atoms with Crippen molar-refractivity contribution in [3.05, 3.63) is 28.8 Å². The number of benzene rings is 1. The summed E-state index contributed by atoms with van der Waals surface area (Å²) in [5.74, 6) is 0.878. The molecular weight excluding hydrogens is 226 g/mol. The Bertz CT molecular complexity index is 377. The summed E-state index contributed by atoms with van der Waals surface area (Å²) < 4.78 is 10.7. The number of likely N-dealkylation sites (N-methyl/N-ethyl adjacent to an activating group) is 1. The van der Waals surface area contributed by atoms with Crippen LogP contribution < -0.4 is 10.1 Å². The van der Waals surface area contributed by atoms with E-state index < -0.39 is 0 Å². The van der Waals surface area contributed by atoms with Gasteiger partial charge >= 0.3 is 0 Å². The van der Waals surface area contributed by atoms with Gasteiger partial charge in [0.25, 0.3) is 0 Å². The average molecular weight is 242 g/mol. The van der Waals surface area contributed by atoms with Gasteiger partial charge in [0.15, 0.2) is 0 Å². The fraction of sp³-hybridized carbons (Fsp3) is 0.500. The van der Waals surface area contributed by atoms with Crippen LogP contribution in [0.3, 0.4) is 0 Å². The van der Waals surface area contributed by atoms with E-state index in [9.17, 15) is 0 Å². The number of rotatable bonds is 4. The predicted octanol–water partition coefficient (Wildman–Crippen LogP) is 1.84. The Balaban J connectivity index is 2.40. The van der Waals surface area contributed by atoms with E-state index in [1.165, 1.54) is 0 Å². The molecule has 2 rings (SSSR count). The Hall–Kier alpha value is -0.770. The van der Waals surface area contributed by atoms with Crippen LogP contribution in [0.4, 0.5) is 0 Å². The van der Waals surface area contributed by atoms with E-state index in [4.69, 9.17) is 21.1 Å². The van der Waals surface area contributed by atoms with Gasteiger partial charge in [-0.3, -0.25) is 0 Å². The summed E-state index contributed by atoms with van der Waals surface area (Å²) in [6.45, 7) is 2.29. The molecule has 1 aliphatic rings. The molecule has 0 aliphatic carbocycles. The maximum Gasteiger partial charge on any atom is 0.122 e. The van der Waals surface area contributed by atoms with E-state index in [0.717, 1.165) is 22.9 Å². The molecule has 0 unspecified atom stereocenters. The molecule has 1 saturated heterocycles. The zero-order chi connectivity index (χ0) is 11.6. The third kappa shape index (κ3) is 1.90. The number of methoxy groups -OCH3 is 1. The normalized spacial score (nSPS) is 17.9. The minimum atomic E-state index is 0.00495. The van der Waals surface area contributed by atoms with Crippen LogP contribution in [0, 0.1) is 0 Å². The third-order valence-corrected chi connectivity index (χ3v) is 3.24. The second-order valence-electron chi connectivity index (χ2n) is 4.15. The molecule has 0 radical (unpaired) electrons. The molecule has 88 valence electrons. The number of nitrogens with one attached hydrogen (secondary N) is 1. The van der Waals surface area contributed by atoms with Crippen LogP contribution in [0.2, 0.25) is 5.02 Å². The summed E-state index contributed by atoms with van der Waals surface area (Å²) in [5, 5.41) is 3.94. The van der Waals surface area contributed by atoms with Crippen molar-refractivity contribution in [3.8, 4) is 5.75 Å². The molecule has 4 heteroatoms. The van der Waals surface area contributed by atoms with Gasteiger partial charge in [0.1, 0.15) is 5.75 Å². The molecule has 16 heavy (non-hydrogen) atoms. The van der Waals surface area contributed by atoms with Crippen LogP contribution in [0.25, 0.3) is 0 Å². The van der Waals surface area contributed by atoms with E-state index in [1.807, 2.05) is 25.2 Å². The highest BCUT2D eigenvalue weighted by atomic mass is 35.5. The first-order valence-corrected chi connectivity index (χ1v) is 5.66. The van der Waals surface area contributed by atoms with Crippen molar-refractivity contribution < 1.29 is 9.47 Å². The summed E-state index contributed by atoms with van der Waals surface area (Å²) in [6, 6.07) is 5.73. The molecule has 0 spiro atoms. The Kier molecular flexibility index (Phi) is 3.38. The first-order chi connectivity index (χ1) is 7.72. The Labute approximate surface area is 101 Å². The molecule has 0 bridgehead atoms. The molecule has 1 aromatic carbocycles. The van der Waals surface area contributed by atoms with Crippen molar-refractivity contribution in [2.45, 2.75) is 5.41 Å². The van der Waals surface area contributed by atoms with Crippen LogP contribution in [-0.2, 0) is 10.2 Å². The number of hydrogen-bond donors (Lipinski definition) is 1. The van der Waals surface area contributed by atoms with Crippen molar-refractivity contribution in [3.63, 3.8) is 0 Å². The molecule has 1 aromatic rings. The van der Waals surface area contributed by atoms with Crippen molar-refractivity contribution in [2.24, 2.45) is 0 Å². The predicted molar refractivity (Wildman–Crippen MR) is 64.4 cm³/mol. The molecule has 0 aromatic heterocycles. The summed E-state index contributed by atoms with van der Waals surface area (Å²) in [6.07, 6.45) is 0. The van der Waals surface area contributed by atoms with Crippen LogP contribution in [0.15, 0.2) is 18.2 Å². The molecule has 3 nitrogen and oxygen atoms in total. The summed E-state index contributed by atoms with van der Waals surface area (Å²) in [7, 11) is 3.62. The molecule has 0 atom stereocenters. The van der Waals surface area contributed by atoms with Crippen molar-refractivity contribution >= 4 is 11.6 Å².